The minimum absolute atomic E-state index is 0.0118. The summed E-state index contributed by atoms with van der Waals surface area (Å²) in [6.07, 6.45) is 1.09. The average molecular weight is 330 g/mol. The lowest BCUT2D eigenvalue weighted by Crippen LogP contribution is -2.37. The molecule has 0 radical (unpaired) electrons. The Labute approximate surface area is 137 Å². The first kappa shape index (κ1) is 14.9. The van der Waals surface area contributed by atoms with E-state index in [4.69, 9.17) is 14.6 Å². The number of Topliss-reactive ketones (excluding diaryl/α,β-unsaturated/α-hetero) is 1. The largest absolute Gasteiger partial charge is 0.476 e. The number of carboxylic acid groups (broad SMARTS) is 1. The minimum atomic E-state index is -1.40. The van der Waals surface area contributed by atoms with E-state index < -0.39 is 23.6 Å². The summed E-state index contributed by atoms with van der Waals surface area (Å²) in [5, 5.41) is 9.06. The molecule has 0 spiro atoms. The highest BCUT2D eigenvalue weighted by Crippen LogP contribution is 2.53. The number of carbonyl (C=O) groups is 2. The van der Waals surface area contributed by atoms with Crippen molar-refractivity contribution in [3.05, 3.63) is 58.8 Å². The van der Waals surface area contributed by atoms with Gasteiger partial charge in [0, 0.05) is 11.0 Å². The summed E-state index contributed by atoms with van der Waals surface area (Å²) in [6, 6.07) is 6.14. The summed E-state index contributed by atoms with van der Waals surface area (Å²) in [5.74, 6) is -1.38. The van der Waals surface area contributed by atoms with E-state index in [-0.39, 0.29) is 18.0 Å². The fraction of sp³-hybridized carbons (Fsp3) is 0.333. The Morgan fingerprint density at radius 1 is 1.29 bits per heavy atom. The highest BCUT2D eigenvalue weighted by Gasteiger charge is 2.52. The molecule has 1 aromatic rings. The monoisotopic (exact) mass is 330 g/mol. The van der Waals surface area contributed by atoms with E-state index in [1.165, 1.54) is 12.1 Å². The molecule has 2 aliphatic carbocycles. The van der Waals surface area contributed by atoms with Gasteiger partial charge in [0.1, 0.15) is 11.6 Å². The second-order valence-corrected chi connectivity index (χ2v) is 6.52. The highest BCUT2D eigenvalue weighted by atomic mass is 19.1. The predicted molar refractivity (Wildman–Crippen MR) is 80.2 cm³/mol. The SMILES string of the molecule is CC1(c2ccc(F)cc2)CC=C2C3=C(CC(=O)C21)OC(C(=O)O)O3. The van der Waals surface area contributed by atoms with Gasteiger partial charge in [-0.15, -0.1) is 0 Å². The van der Waals surface area contributed by atoms with Crippen LogP contribution in [0.5, 0.6) is 0 Å². The topological polar surface area (TPSA) is 72.8 Å². The van der Waals surface area contributed by atoms with Gasteiger partial charge in [0.2, 0.25) is 0 Å². The van der Waals surface area contributed by atoms with Gasteiger partial charge >= 0.3 is 12.3 Å². The molecule has 3 atom stereocenters. The van der Waals surface area contributed by atoms with E-state index in [0.29, 0.717) is 23.5 Å². The molecule has 124 valence electrons. The third-order valence-corrected chi connectivity index (χ3v) is 5.05. The number of fused-ring (bicyclic) bond motifs is 2. The van der Waals surface area contributed by atoms with E-state index in [9.17, 15) is 14.0 Å². The molecule has 0 bridgehead atoms. The van der Waals surface area contributed by atoms with Gasteiger partial charge in [-0.1, -0.05) is 25.1 Å². The molecular formula is C18H15FO5. The van der Waals surface area contributed by atoms with Gasteiger partial charge in [0.05, 0.1) is 12.3 Å². The molecule has 6 heteroatoms. The Balaban J connectivity index is 1.71. The summed E-state index contributed by atoms with van der Waals surface area (Å²) in [7, 11) is 0. The Morgan fingerprint density at radius 2 is 2.00 bits per heavy atom. The van der Waals surface area contributed by atoms with Crippen molar-refractivity contribution in [3.63, 3.8) is 0 Å². The number of carboxylic acids is 1. The predicted octanol–water partition coefficient (Wildman–Crippen LogP) is 2.67. The van der Waals surface area contributed by atoms with Gasteiger partial charge in [0.25, 0.3) is 0 Å². The number of hydrogen-bond acceptors (Lipinski definition) is 4. The maximum atomic E-state index is 13.2. The van der Waals surface area contributed by atoms with Gasteiger partial charge in [-0.05, 0) is 24.1 Å². The molecule has 0 amide bonds. The Hall–Kier alpha value is -2.63. The van der Waals surface area contributed by atoms with Crippen LogP contribution in [-0.2, 0) is 24.5 Å². The fourth-order valence-corrected chi connectivity index (χ4v) is 3.86. The van der Waals surface area contributed by atoms with Gasteiger partial charge in [0.15, 0.2) is 11.5 Å². The zero-order chi connectivity index (χ0) is 17.1. The van der Waals surface area contributed by atoms with Crippen molar-refractivity contribution >= 4 is 11.8 Å². The molecule has 5 nitrogen and oxygen atoms in total. The molecule has 1 aromatic carbocycles. The van der Waals surface area contributed by atoms with Crippen LogP contribution < -0.4 is 0 Å². The average Bonchev–Trinajstić information content (AvgIpc) is 3.10. The van der Waals surface area contributed by atoms with Crippen molar-refractivity contribution in [1.29, 1.82) is 0 Å². The first-order valence-electron chi connectivity index (χ1n) is 7.68. The second kappa shape index (κ2) is 4.93. The van der Waals surface area contributed by atoms with Crippen molar-refractivity contribution < 1.29 is 28.6 Å². The maximum Gasteiger partial charge on any atom is 0.387 e. The molecule has 3 aliphatic rings. The van der Waals surface area contributed by atoms with Crippen LogP contribution >= 0.6 is 0 Å². The number of allylic oxidation sites excluding steroid dienone is 3. The third kappa shape index (κ3) is 1.99. The summed E-state index contributed by atoms with van der Waals surface area (Å²) in [6.45, 7) is 1.96. The first-order valence-corrected chi connectivity index (χ1v) is 7.68. The summed E-state index contributed by atoms with van der Waals surface area (Å²) in [4.78, 5) is 23.8. The second-order valence-electron chi connectivity index (χ2n) is 6.52. The minimum Gasteiger partial charge on any atom is -0.476 e. The third-order valence-electron chi connectivity index (χ3n) is 5.05. The van der Waals surface area contributed by atoms with Crippen LogP contribution in [0.4, 0.5) is 4.39 Å². The number of halogens is 1. The lowest BCUT2D eigenvalue weighted by molar-refractivity contribution is -0.164. The Kier molecular flexibility index (Phi) is 3.07. The summed E-state index contributed by atoms with van der Waals surface area (Å²) < 4.78 is 23.9. The molecule has 1 heterocycles. The summed E-state index contributed by atoms with van der Waals surface area (Å²) >= 11 is 0. The van der Waals surface area contributed by atoms with E-state index in [1.54, 1.807) is 12.1 Å². The van der Waals surface area contributed by atoms with Crippen LogP contribution in [0.3, 0.4) is 0 Å². The van der Waals surface area contributed by atoms with Crippen molar-refractivity contribution in [2.24, 2.45) is 5.92 Å². The van der Waals surface area contributed by atoms with E-state index in [1.807, 2.05) is 13.0 Å². The number of aliphatic carboxylic acids is 1. The van der Waals surface area contributed by atoms with Crippen LogP contribution in [0, 0.1) is 11.7 Å². The van der Waals surface area contributed by atoms with Gasteiger partial charge < -0.3 is 14.6 Å². The van der Waals surface area contributed by atoms with Crippen molar-refractivity contribution in [2.45, 2.75) is 31.5 Å². The zero-order valence-corrected chi connectivity index (χ0v) is 12.9. The van der Waals surface area contributed by atoms with Crippen LogP contribution in [0.25, 0.3) is 0 Å². The smallest absolute Gasteiger partial charge is 0.387 e. The molecular weight excluding hydrogens is 315 g/mol. The lowest BCUT2D eigenvalue weighted by atomic mass is 9.67. The first-order chi connectivity index (χ1) is 11.4. The molecule has 0 saturated heterocycles. The van der Waals surface area contributed by atoms with Crippen molar-refractivity contribution in [2.75, 3.05) is 0 Å². The van der Waals surface area contributed by atoms with Crippen molar-refractivity contribution in [1.82, 2.24) is 0 Å². The van der Waals surface area contributed by atoms with Crippen LogP contribution in [-0.4, -0.2) is 23.1 Å². The van der Waals surface area contributed by atoms with Gasteiger partial charge in [-0.25, -0.2) is 9.18 Å². The number of benzene rings is 1. The normalized spacial score (nSPS) is 31.1. The lowest BCUT2D eigenvalue weighted by Gasteiger charge is -2.34. The number of rotatable bonds is 2. The number of carbonyl (C=O) groups excluding carboxylic acids is 1. The molecule has 4 rings (SSSR count). The molecule has 0 fully saturated rings. The van der Waals surface area contributed by atoms with Crippen molar-refractivity contribution in [3.8, 4) is 0 Å². The number of ketones is 1. The highest BCUT2D eigenvalue weighted by molar-refractivity contribution is 5.91. The molecule has 0 aromatic heterocycles. The zero-order valence-electron chi connectivity index (χ0n) is 12.9. The molecule has 1 N–H and O–H groups in total. The molecule has 24 heavy (non-hydrogen) atoms. The van der Waals surface area contributed by atoms with Gasteiger partial charge in [-0.2, -0.15) is 0 Å². The molecule has 0 saturated carbocycles. The molecule has 1 aliphatic heterocycles. The van der Waals surface area contributed by atoms with Crippen LogP contribution in [0.1, 0.15) is 25.3 Å². The quantitative estimate of drug-likeness (QED) is 0.902. The van der Waals surface area contributed by atoms with E-state index >= 15 is 0 Å². The van der Waals surface area contributed by atoms with E-state index in [0.717, 1.165) is 5.56 Å². The summed E-state index contributed by atoms with van der Waals surface area (Å²) in [5.41, 5.74) is 1.03. The molecule has 3 unspecified atom stereocenters. The fourth-order valence-electron chi connectivity index (χ4n) is 3.86. The number of ether oxygens (including phenoxy) is 2. The maximum absolute atomic E-state index is 13.2. The Bertz CT molecular complexity index is 807. The number of hydrogen-bond donors (Lipinski definition) is 1. The van der Waals surface area contributed by atoms with Crippen LogP contribution in [0.2, 0.25) is 0 Å². The van der Waals surface area contributed by atoms with Crippen LogP contribution in [0.15, 0.2) is 47.4 Å². The Morgan fingerprint density at radius 3 is 2.67 bits per heavy atom. The van der Waals surface area contributed by atoms with Gasteiger partial charge in [-0.3, -0.25) is 4.79 Å². The standard InChI is InChI=1S/C18H15FO5/c1-18(9-2-4-10(19)5-3-9)7-6-11-14(18)12(20)8-13-15(11)24-17(23-13)16(21)22/h2-6,14,17H,7-8H2,1H3,(H,21,22). The van der Waals surface area contributed by atoms with E-state index in [2.05, 4.69) is 0 Å².